The number of carbonyl (C=O) groups excluding carboxylic acids is 2. The molecule has 0 bridgehead atoms. The van der Waals surface area contributed by atoms with Crippen LogP contribution in [0.3, 0.4) is 0 Å². The number of nitrogens with zero attached hydrogens (tertiary/aromatic N) is 2. The molecule has 148 valence electrons. The van der Waals surface area contributed by atoms with Crippen LogP contribution in [0, 0.1) is 0 Å². The molecule has 1 aliphatic rings. The van der Waals surface area contributed by atoms with Gasteiger partial charge >= 0.3 is 6.15 Å². The van der Waals surface area contributed by atoms with Gasteiger partial charge in [-0.1, -0.05) is 38.9 Å². The number of hydrogen-bond donors (Lipinski definition) is 1. The highest BCUT2D eigenvalue weighted by molar-refractivity contribution is 6.76. The second kappa shape index (κ2) is 10.4. The Balaban J connectivity index is 0.000000817. The van der Waals surface area contributed by atoms with Crippen LogP contribution in [-0.2, 0) is 21.1 Å². The molecule has 2 aromatic heterocycles. The fourth-order valence-corrected chi connectivity index (χ4v) is 4.09. The minimum atomic E-state index is -1.03. The summed E-state index contributed by atoms with van der Waals surface area (Å²) in [6, 6.07) is 6.08. The predicted molar refractivity (Wildman–Crippen MR) is 109 cm³/mol. The molecule has 2 heterocycles. The van der Waals surface area contributed by atoms with Crippen molar-refractivity contribution in [2.24, 2.45) is 0 Å². The van der Waals surface area contributed by atoms with Crippen LogP contribution in [0.5, 0.6) is 0 Å². The molecule has 0 spiro atoms. The van der Waals surface area contributed by atoms with Crippen molar-refractivity contribution >= 4 is 30.9 Å². The summed E-state index contributed by atoms with van der Waals surface area (Å²) in [5, 5.41) is 4.94. The zero-order chi connectivity index (χ0) is 19.7. The topological polar surface area (TPSA) is 73.2 Å². The van der Waals surface area contributed by atoms with Gasteiger partial charge in [-0.3, -0.25) is 0 Å². The summed E-state index contributed by atoms with van der Waals surface area (Å²) in [6.45, 7) is 8.58. The van der Waals surface area contributed by atoms with Crippen LogP contribution in [-0.4, -0.2) is 36.4 Å². The number of rotatable bonds is 7. The molecule has 0 saturated heterocycles. The Labute approximate surface area is 162 Å². The van der Waals surface area contributed by atoms with Crippen LogP contribution in [0.15, 0.2) is 24.5 Å². The summed E-state index contributed by atoms with van der Waals surface area (Å²) >= 11 is 0. The quantitative estimate of drug-likeness (QED) is 0.557. The van der Waals surface area contributed by atoms with Gasteiger partial charge in [0.25, 0.3) is 0 Å². The molecule has 2 aromatic rings. The zero-order valence-electron chi connectivity index (χ0n) is 16.7. The average molecular weight is 390 g/mol. The average Bonchev–Trinajstić information content (AvgIpc) is 3.04. The monoisotopic (exact) mass is 389 g/mol. The van der Waals surface area contributed by atoms with Crippen molar-refractivity contribution in [1.29, 1.82) is 0 Å². The standard InChI is InChI=1S/C19H31N3OSi.CO2/c1-24(2,3)14-13-23-15-22-12-10-17-18(9-11-20-19(17)22)21-16-7-5-4-6-8-16;2-1-3/h9-12,16H,4-8,13-15H2,1-3H3,(H,20,21);. The van der Waals surface area contributed by atoms with E-state index in [9.17, 15) is 0 Å². The molecule has 27 heavy (non-hydrogen) atoms. The van der Waals surface area contributed by atoms with Gasteiger partial charge in [0.05, 0.1) is 0 Å². The van der Waals surface area contributed by atoms with E-state index in [0.717, 1.165) is 12.3 Å². The molecule has 0 atom stereocenters. The lowest BCUT2D eigenvalue weighted by Crippen LogP contribution is -2.22. The van der Waals surface area contributed by atoms with Crippen molar-refractivity contribution in [3.63, 3.8) is 0 Å². The maximum Gasteiger partial charge on any atom is 0.373 e. The van der Waals surface area contributed by atoms with Gasteiger partial charge in [-0.25, -0.2) is 4.98 Å². The minimum Gasteiger partial charge on any atom is -0.382 e. The van der Waals surface area contributed by atoms with Crippen LogP contribution in [0.2, 0.25) is 25.7 Å². The number of aromatic nitrogens is 2. The van der Waals surface area contributed by atoms with Crippen molar-refractivity contribution in [3.8, 4) is 0 Å². The minimum absolute atomic E-state index is 0.250. The van der Waals surface area contributed by atoms with Crippen LogP contribution in [0.1, 0.15) is 32.1 Å². The Hall–Kier alpha value is -1.95. The van der Waals surface area contributed by atoms with Gasteiger partial charge in [0.2, 0.25) is 0 Å². The summed E-state index contributed by atoms with van der Waals surface area (Å²) in [5.74, 6) is 0. The van der Waals surface area contributed by atoms with E-state index in [1.807, 2.05) is 6.20 Å². The van der Waals surface area contributed by atoms with E-state index in [2.05, 4.69) is 52.8 Å². The first kappa shape index (κ1) is 21.3. The molecule has 0 amide bonds. The normalized spacial score (nSPS) is 15.1. The Kier molecular flexibility index (Phi) is 8.22. The number of pyridine rings is 1. The molecule has 7 heteroatoms. The van der Waals surface area contributed by atoms with Gasteiger partial charge in [-0.2, -0.15) is 9.59 Å². The molecular formula is C20H31N3O3Si. The van der Waals surface area contributed by atoms with E-state index in [4.69, 9.17) is 14.3 Å². The smallest absolute Gasteiger partial charge is 0.373 e. The highest BCUT2D eigenvalue weighted by Gasteiger charge is 2.15. The van der Waals surface area contributed by atoms with Crippen LogP contribution in [0.25, 0.3) is 11.0 Å². The highest BCUT2D eigenvalue weighted by atomic mass is 28.3. The number of fused-ring (bicyclic) bond motifs is 1. The second-order valence-corrected chi connectivity index (χ2v) is 13.9. The lowest BCUT2D eigenvalue weighted by Gasteiger charge is -2.24. The third-order valence-corrected chi connectivity index (χ3v) is 6.56. The van der Waals surface area contributed by atoms with Crippen molar-refractivity contribution in [2.75, 3.05) is 11.9 Å². The molecule has 0 unspecified atom stereocenters. The molecular weight excluding hydrogens is 358 g/mol. The molecule has 1 N–H and O–H groups in total. The molecule has 1 aliphatic carbocycles. The van der Waals surface area contributed by atoms with Gasteiger partial charge in [0.1, 0.15) is 12.4 Å². The van der Waals surface area contributed by atoms with E-state index in [1.165, 1.54) is 49.2 Å². The van der Waals surface area contributed by atoms with Gasteiger partial charge < -0.3 is 14.6 Å². The third kappa shape index (κ3) is 6.94. The Morgan fingerprint density at radius 2 is 1.93 bits per heavy atom. The molecule has 0 aromatic carbocycles. The van der Waals surface area contributed by atoms with Crippen molar-refractivity contribution in [3.05, 3.63) is 24.5 Å². The number of ether oxygens (including phenoxy) is 1. The third-order valence-electron chi connectivity index (χ3n) is 4.85. The van der Waals surface area contributed by atoms with E-state index < -0.39 is 8.07 Å². The van der Waals surface area contributed by atoms with E-state index >= 15 is 0 Å². The largest absolute Gasteiger partial charge is 0.382 e. The van der Waals surface area contributed by atoms with E-state index in [-0.39, 0.29) is 6.15 Å². The Bertz CT molecular complexity index is 743. The fraction of sp³-hybridized carbons (Fsp3) is 0.600. The summed E-state index contributed by atoms with van der Waals surface area (Å²) in [6.07, 6.45) is 10.9. The first-order chi connectivity index (χ1) is 12.9. The Morgan fingerprint density at radius 1 is 1.22 bits per heavy atom. The molecule has 1 fully saturated rings. The van der Waals surface area contributed by atoms with Crippen LogP contribution in [0.4, 0.5) is 5.69 Å². The van der Waals surface area contributed by atoms with Gasteiger partial charge in [-0.15, -0.1) is 0 Å². The maximum absolute atomic E-state index is 8.12. The molecule has 0 aliphatic heterocycles. The summed E-state index contributed by atoms with van der Waals surface area (Å²) < 4.78 is 8.01. The summed E-state index contributed by atoms with van der Waals surface area (Å²) in [5.41, 5.74) is 2.23. The van der Waals surface area contributed by atoms with Crippen molar-refractivity contribution < 1.29 is 14.3 Å². The van der Waals surface area contributed by atoms with Crippen LogP contribution < -0.4 is 5.32 Å². The molecule has 6 nitrogen and oxygen atoms in total. The number of anilines is 1. The van der Waals surface area contributed by atoms with E-state index in [1.54, 1.807) is 0 Å². The fourth-order valence-electron chi connectivity index (χ4n) is 3.33. The lowest BCUT2D eigenvalue weighted by molar-refractivity contribution is -0.191. The second-order valence-electron chi connectivity index (χ2n) is 8.29. The molecule has 3 rings (SSSR count). The highest BCUT2D eigenvalue weighted by Crippen LogP contribution is 2.27. The van der Waals surface area contributed by atoms with Crippen LogP contribution >= 0.6 is 0 Å². The Morgan fingerprint density at radius 3 is 2.59 bits per heavy atom. The first-order valence-electron chi connectivity index (χ1n) is 9.72. The zero-order valence-corrected chi connectivity index (χ0v) is 17.7. The summed E-state index contributed by atoms with van der Waals surface area (Å²) in [4.78, 5) is 20.8. The SMILES string of the molecule is C[Si](C)(C)CCOCn1ccc2c(NC3CCCCC3)ccnc21.O=C=O. The van der Waals surface area contributed by atoms with Gasteiger partial charge in [0, 0.05) is 44.2 Å². The van der Waals surface area contributed by atoms with Crippen molar-refractivity contribution in [1.82, 2.24) is 9.55 Å². The predicted octanol–water partition coefficient (Wildman–Crippen LogP) is 4.51. The number of nitrogens with one attached hydrogen (secondary N) is 1. The van der Waals surface area contributed by atoms with Gasteiger partial charge in [0.15, 0.2) is 0 Å². The first-order valence-corrected chi connectivity index (χ1v) is 13.4. The van der Waals surface area contributed by atoms with Crippen molar-refractivity contribution in [2.45, 2.75) is 70.6 Å². The lowest BCUT2D eigenvalue weighted by atomic mass is 9.95. The molecule has 0 radical (unpaired) electrons. The molecule has 1 saturated carbocycles. The summed E-state index contributed by atoms with van der Waals surface area (Å²) in [7, 11) is -1.03. The number of hydrogen-bond acceptors (Lipinski definition) is 5. The maximum atomic E-state index is 8.12. The van der Waals surface area contributed by atoms with Gasteiger partial charge in [-0.05, 0) is 31.0 Å². The van der Waals surface area contributed by atoms with E-state index in [0.29, 0.717) is 12.8 Å².